The summed E-state index contributed by atoms with van der Waals surface area (Å²) in [6, 6.07) is 9.55. The van der Waals surface area contributed by atoms with Crippen molar-refractivity contribution in [2.75, 3.05) is 46.3 Å². The molecule has 29 heavy (non-hydrogen) atoms. The number of sulfonamides is 1. The Morgan fingerprint density at radius 3 is 2.38 bits per heavy atom. The van der Waals surface area contributed by atoms with E-state index in [9.17, 15) is 18.0 Å². The molecule has 8 nitrogen and oxygen atoms in total. The normalized spacial score (nSPS) is 18.3. The Kier molecular flexibility index (Phi) is 7.05. The first-order valence-electron chi connectivity index (χ1n) is 9.82. The molecule has 1 saturated carbocycles. The predicted octanol–water partition coefficient (Wildman–Crippen LogP) is 0.342. The van der Waals surface area contributed by atoms with Crippen LogP contribution in [0.4, 0.5) is 0 Å². The number of carbonyl (C=O) groups excluding carboxylic acids is 2. The van der Waals surface area contributed by atoms with Crippen LogP contribution in [0.25, 0.3) is 6.08 Å². The molecular formula is C20H28N4O4S. The maximum absolute atomic E-state index is 12.5. The van der Waals surface area contributed by atoms with Crippen molar-refractivity contribution in [3.8, 4) is 0 Å². The van der Waals surface area contributed by atoms with Gasteiger partial charge in [-0.05, 0) is 31.5 Å². The highest BCUT2D eigenvalue weighted by molar-refractivity contribution is 7.92. The van der Waals surface area contributed by atoms with E-state index < -0.39 is 10.0 Å². The molecule has 0 aromatic heterocycles. The lowest BCUT2D eigenvalue weighted by Crippen LogP contribution is -2.52. The van der Waals surface area contributed by atoms with Crippen molar-refractivity contribution < 1.29 is 18.0 Å². The predicted molar refractivity (Wildman–Crippen MR) is 111 cm³/mol. The molecule has 1 aromatic carbocycles. The molecule has 2 amide bonds. The molecule has 9 heteroatoms. The zero-order valence-corrected chi connectivity index (χ0v) is 17.5. The van der Waals surface area contributed by atoms with Gasteiger partial charge in [-0.1, -0.05) is 30.3 Å². The first-order chi connectivity index (χ1) is 13.8. The summed E-state index contributed by atoms with van der Waals surface area (Å²) in [4.78, 5) is 27.6. The highest BCUT2D eigenvalue weighted by Crippen LogP contribution is 2.18. The van der Waals surface area contributed by atoms with Crippen LogP contribution in [0.3, 0.4) is 0 Å². The van der Waals surface area contributed by atoms with Gasteiger partial charge in [-0.15, -0.1) is 0 Å². The third-order valence-corrected chi connectivity index (χ3v) is 6.51. The Morgan fingerprint density at radius 1 is 1.10 bits per heavy atom. The number of piperazine rings is 1. The van der Waals surface area contributed by atoms with Gasteiger partial charge in [0.25, 0.3) is 0 Å². The summed E-state index contributed by atoms with van der Waals surface area (Å²) < 4.78 is 26.4. The Bertz CT molecular complexity index is 844. The molecule has 0 radical (unpaired) electrons. The average molecular weight is 421 g/mol. The summed E-state index contributed by atoms with van der Waals surface area (Å²) in [7, 11) is -1.79. The van der Waals surface area contributed by atoms with E-state index in [0.717, 1.165) is 18.4 Å². The lowest BCUT2D eigenvalue weighted by molar-refractivity contribution is -0.133. The number of carbonyl (C=O) groups is 2. The van der Waals surface area contributed by atoms with Crippen molar-refractivity contribution >= 4 is 27.9 Å². The van der Waals surface area contributed by atoms with Gasteiger partial charge < -0.3 is 10.2 Å². The fourth-order valence-corrected chi connectivity index (χ4v) is 4.31. The summed E-state index contributed by atoms with van der Waals surface area (Å²) >= 11 is 0. The van der Waals surface area contributed by atoms with Crippen LogP contribution in [0.15, 0.2) is 35.7 Å². The van der Waals surface area contributed by atoms with Crippen LogP contribution in [0.1, 0.15) is 18.4 Å². The van der Waals surface area contributed by atoms with Gasteiger partial charge in [0, 0.05) is 37.6 Å². The molecule has 1 N–H and O–H groups in total. The zero-order valence-electron chi connectivity index (χ0n) is 16.7. The minimum atomic E-state index is -3.52. The maximum atomic E-state index is 12.5. The maximum Gasteiger partial charge on any atom is 0.236 e. The van der Waals surface area contributed by atoms with Gasteiger partial charge in [-0.3, -0.25) is 14.5 Å². The van der Waals surface area contributed by atoms with E-state index in [4.69, 9.17) is 0 Å². The molecule has 2 aliphatic rings. The lowest BCUT2D eigenvalue weighted by Gasteiger charge is -2.34. The van der Waals surface area contributed by atoms with Gasteiger partial charge in [0.15, 0.2) is 0 Å². The molecule has 1 aliphatic heterocycles. The Hall–Kier alpha value is -2.23. The van der Waals surface area contributed by atoms with E-state index in [2.05, 4.69) is 5.32 Å². The number of amides is 2. The first-order valence-corrected chi connectivity index (χ1v) is 11.3. The number of hydrogen-bond donors (Lipinski definition) is 1. The van der Waals surface area contributed by atoms with Gasteiger partial charge in [0.2, 0.25) is 21.8 Å². The minimum absolute atomic E-state index is 0.0658. The van der Waals surface area contributed by atoms with E-state index in [1.807, 2.05) is 30.3 Å². The van der Waals surface area contributed by atoms with Crippen molar-refractivity contribution in [3.05, 3.63) is 41.3 Å². The van der Waals surface area contributed by atoms with Crippen LogP contribution < -0.4 is 5.32 Å². The number of nitrogens with zero attached hydrogens (tertiary/aromatic N) is 3. The second kappa shape index (κ2) is 9.51. The van der Waals surface area contributed by atoms with E-state index in [-0.39, 0.29) is 38.0 Å². The molecule has 3 rings (SSSR count). The highest BCUT2D eigenvalue weighted by atomic mass is 32.2. The van der Waals surface area contributed by atoms with Crippen molar-refractivity contribution in [3.63, 3.8) is 0 Å². The third kappa shape index (κ3) is 6.66. The van der Waals surface area contributed by atoms with E-state index in [0.29, 0.717) is 19.1 Å². The van der Waals surface area contributed by atoms with Crippen LogP contribution in [0.5, 0.6) is 0 Å². The fourth-order valence-electron chi connectivity index (χ4n) is 3.14. The molecule has 0 unspecified atom stereocenters. The second-order valence-electron chi connectivity index (χ2n) is 7.55. The van der Waals surface area contributed by atoms with Crippen molar-refractivity contribution in [2.24, 2.45) is 0 Å². The number of likely N-dealkylation sites (N-methyl/N-ethyl adjacent to an activating group) is 1. The van der Waals surface area contributed by atoms with E-state index in [1.54, 1.807) is 22.9 Å². The number of benzene rings is 1. The molecule has 1 heterocycles. The molecule has 0 spiro atoms. The molecule has 0 atom stereocenters. The third-order valence-electron chi connectivity index (χ3n) is 4.94. The minimum Gasteiger partial charge on any atom is -0.352 e. The van der Waals surface area contributed by atoms with Crippen LogP contribution in [0.2, 0.25) is 0 Å². The number of hydrogen-bond acceptors (Lipinski definition) is 5. The van der Waals surface area contributed by atoms with E-state index in [1.165, 1.54) is 9.71 Å². The highest BCUT2D eigenvalue weighted by Gasteiger charge is 2.28. The summed E-state index contributed by atoms with van der Waals surface area (Å²) in [6.45, 7) is 1.54. The quantitative estimate of drug-likeness (QED) is 0.655. The lowest BCUT2D eigenvalue weighted by atomic mass is 10.2. The molecule has 2 fully saturated rings. The van der Waals surface area contributed by atoms with Gasteiger partial charge >= 0.3 is 0 Å². The SMILES string of the molecule is CN(CC(=O)NC1CC1)CC(=O)N1CCN(S(=O)(=O)/C=C/c2ccccc2)CC1. The summed E-state index contributed by atoms with van der Waals surface area (Å²) in [6.07, 6.45) is 3.64. The first kappa shape index (κ1) is 21.5. The molecule has 0 bridgehead atoms. The average Bonchev–Trinajstić information content (AvgIpc) is 3.51. The number of rotatable bonds is 8. The summed E-state index contributed by atoms with van der Waals surface area (Å²) in [5.41, 5.74) is 0.818. The Morgan fingerprint density at radius 2 is 1.76 bits per heavy atom. The van der Waals surface area contributed by atoms with Crippen LogP contribution >= 0.6 is 0 Å². The summed E-state index contributed by atoms with van der Waals surface area (Å²) in [5, 5.41) is 4.11. The molecule has 158 valence electrons. The van der Waals surface area contributed by atoms with Gasteiger partial charge in [0.05, 0.1) is 13.1 Å². The Labute approximate surface area is 172 Å². The van der Waals surface area contributed by atoms with Crippen molar-refractivity contribution in [1.29, 1.82) is 0 Å². The van der Waals surface area contributed by atoms with Crippen molar-refractivity contribution in [1.82, 2.24) is 19.4 Å². The molecule has 1 aromatic rings. The molecular weight excluding hydrogens is 392 g/mol. The van der Waals surface area contributed by atoms with Gasteiger partial charge in [-0.25, -0.2) is 8.42 Å². The van der Waals surface area contributed by atoms with Gasteiger partial charge in [0.1, 0.15) is 0 Å². The zero-order chi connectivity index (χ0) is 20.9. The monoisotopic (exact) mass is 420 g/mol. The number of nitrogens with one attached hydrogen (secondary N) is 1. The molecule has 1 saturated heterocycles. The topological polar surface area (TPSA) is 90.0 Å². The Balaban J connectivity index is 1.44. The second-order valence-corrected chi connectivity index (χ2v) is 9.37. The summed E-state index contributed by atoms with van der Waals surface area (Å²) in [5.74, 6) is -0.160. The smallest absolute Gasteiger partial charge is 0.236 e. The van der Waals surface area contributed by atoms with Crippen LogP contribution in [0, 0.1) is 0 Å². The van der Waals surface area contributed by atoms with Crippen LogP contribution in [-0.2, 0) is 19.6 Å². The largest absolute Gasteiger partial charge is 0.352 e. The van der Waals surface area contributed by atoms with E-state index >= 15 is 0 Å². The van der Waals surface area contributed by atoms with Gasteiger partial charge in [-0.2, -0.15) is 4.31 Å². The standard InChI is InChI=1S/C20H28N4O4S/c1-22(15-19(25)21-18-7-8-18)16-20(26)23-10-12-24(13-11-23)29(27,28)14-9-17-5-3-2-4-6-17/h2-6,9,14,18H,7-8,10-13,15-16H2,1H3,(H,21,25)/b14-9+. The van der Waals surface area contributed by atoms with Crippen molar-refractivity contribution in [2.45, 2.75) is 18.9 Å². The molecule has 1 aliphatic carbocycles. The van der Waals surface area contributed by atoms with Crippen LogP contribution in [-0.4, -0.2) is 86.7 Å². The fraction of sp³-hybridized carbons (Fsp3) is 0.500.